The van der Waals surface area contributed by atoms with Gasteiger partial charge in [-0.1, -0.05) is 32.4 Å². The third-order valence-electron chi connectivity index (χ3n) is 3.19. The number of halogens is 1. The number of nitrogens with zero attached hydrogens (tertiary/aromatic N) is 1. The van der Waals surface area contributed by atoms with Crippen LogP contribution in [-0.4, -0.2) is 45.6 Å². The van der Waals surface area contributed by atoms with Gasteiger partial charge in [0.2, 0.25) is 0 Å². The highest BCUT2D eigenvalue weighted by Gasteiger charge is 2.36. The first-order chi connectivity index (χ1) is 7.62. The van der Waals surface area contributed by atoms with Gasteiger partial charge in [-0.05, 0) is 18.1 Å². The van der Waals surface area contributed by atoms with E-state index in [1.807, 2.05) is 0 Å². The number of alkyl halides is 1. The zero-order valence-electron chi connectivity index (χ0n) is 11.7. The zero-order chi connectivity index (χ0) is 13.7. The Hall–Kier alpha value is -0.263. The minimum absolute atomic E-state index is 0.119. The van der Waals surface area contributed by atoms with Gasteiger partial charge in [0.15, 0.2) is 14.4 Å². The predicted octanol–water partition coefficient (Wildman–Crippen LogP) is 3.27. The van der Waals surface area contributed by atoms with E-state index in [-0.39, 0.29) is 11.1 Å². The Morgan fingerprint density at radius 2 is 1.88 bits per heavy atom. The number of hydrogen-bond acceptors (Lipinski definition) is 3. The summed E-state index contributed by atoms with van der Waals surface area (Å²) in [5.41, 5.74) is 0. The largest absolute Gasteiger partial charge is 0.433 e. The van der Waals surface area contributed by atoms with Crippen LogP contribution in [0, 0.1) is 0 Å². The van der Waals surface area contributed by atoms with Crippen molar-refractivity contribution in [3.63, 3.8) is 0 Å². The van der Waals surface area contributed by atoms with Crippen molar-refractivity contribution in [3.05, 3.63) is 0 Å². The topological polar surface area (TPSA) is 38.8 Å². The second kappa shape index (κ2) is 6.61. The molecule has 17 heavy (non-hydrogen) atoms. The van der Waals surface area contributed by atoms with E-state index in [0.717, 1.165) is 0 Å². The molecule has 4 nitrogen and oxygen atoms in total. The van der Waals surface area contributed by atoms with Gasteiger partial charge in [-0.3, -0.25) is 0 Å². The highest BCUT2D eigenvalue weighted by molar-refractivity contribution is 6.74. The van der Waals surface area contributed by atoms with Gasteiger partial charge in [-0.25, -0.2) is 4.79 Å². The van der Waals surface area contributed by atoms with Crippen LogP contribution in [0.3, 0.4) is 0 Å². The number of likely N-dealkylation sites (N-methyl/N-ethyl adjacent to an activating group) is 1. The lowest BCUT2D eigenvalue weighted by Crippen LogP contribution is -2.43. The maximum atomic E-state index is 11.3. The Labute approximate surface area is 110 Å². The van der Waals surface area contributed by atoms with Gasteiger partial charge in [0.05, 0.1) is 6.61 Å². The summed E-state index contributed by atoms with van der Waals surface area (Å²) in [6.07, 6.45) is -0.418. The van der Waals surface area contributed by atoms with E-state index >= 15 is 0 Å². The summed E-state index contributed by atoms with van der Waals surface area (Å²) < 4.78 is 10.6. The van der Waals surface area contributed by atoms with Crippen LogP contribution in [0.15, 0.2) is 0 Å². The zero-order valence-corrected chi connectivity index (χ0v) is 13.4. The molecule has 0 aliphatic heterocycles. The molecule has 0 N–H and O–H groups in total. The third-order valence-corrected chi connectivity index (χ3v) is 7.83. The Bertz CT molecular complexity index is 254. The Kier molecular flexibility index (Phi) is 6.51. The van der Waals surface area contributed by atoms with Crippen LogP contribution >= 0.6 is 11.6 Å². The molecular weight excluding hydrogens is 258 g/mol. The van der Waals surface area contributed by atoms with Crippen molar-refractivity contribution in [2.75, 3.05) is 26.3 Å². The average molecular weight is 282 g/mol. The number of carbonyl (C=O) groups is 1. The summed E-state index contributed by atoms with van der Waals surface area (Å²) in [5.74, 6) is 0. The van der Waals surface area contributed by atoms with E-state index < -0.39 is 14.4 Å². The van der Waals surface area contributed by atoms with Crippen molar-refractivity contribution >= 4 is 26.0 Å². The number of hydrogen-bond donors (Lipinski definition) is 0. The highest BCUT2D eigenvalue weighted by Crippen LogP contribution is 2.36. The molecule has 0 saturated heterocycles. The molecule has 0 radical (unpaired) electrons. The van der Waals surface area contributed by atoms with Crippen molar-refractivity contribution in [2.45, 2.75) is 38.9 Å². The molecule has 0 aromatic carbocycles. The Morgan fingerprint density at radius 3 is 2.29 bits per heavy atom. The van der Waals surface area contributed by atoms with Crippen molar-refractivity contribution in [3.8, 4) is 0 Å². The summed E-state index contributed by atoms with van der Waals surface area (Å²) >= 11 is 5.31. The summed E-state index contributed by atoms with van der Waals surface area (Å²) in [6.45, 7) is 12.0. The van der Waals surface area contributed by atoms with Crippen LogP contribution < -0.4 is 0 Å². The van der Waals surface area contributed by atoms with Crippen molar-refractivity contribution < 1.29 is 14.0 Å². The number of ether oxygens (including phenoxy) is 1. The fourth-order valence-electron chi connectivity index (χ4n) is 0.902. The van der Waals surface area contributed by atoms with Crippen LogP contribution in [-0.2, 0) is 9.16 Å². The van der Waals surface area contributed by atoms with E-state index in [0.29, 0.717) is 13.2 Å². The van der Waals surface area contributed by atoms with Gasteiger partial charge < -0.3 is 14.1 Å². The Balaban J connectivity index is 4.03. The minimum atomic E-state index is -1.73. The summed E-state index contributed by atoms with van der Waals surface area (Å²) in [4.78, 5) is 12.7. The van der Waals surface area contributed by atoms with Crippen LogP contribution in [0.25, 0.3) is 0 Å². The van der Waals surface area contributed by atoms with Gasteiger partial charge in [-0.15, -0.1) is 0 Å². The van der Waals surface area contributed by atoms with Gasteiger partial charge in [0, 0.05) is 13.6 Å². The molecule has 0 saturated carbocycles. The molecule has 0 aromatic rings. The minimum Gasteiger partial charge on any atom is -0.433 e. The predicted molar refractivity (Wildman–Crippen MR) is 73.0 cm³/mol. The normalized spacial score (nSPS) is 12.4. The molecule has 0 aromatic heterocycles. The molecule has 0 rings (SSSR count). The first-order valence-electron chi connectivity index (χ1n) is 5.69. The van der Waals surface area contributed by atoms with Crippen molar-refractivity contribution in [1.82, 2.24) is 4.90 Å². The second-order valence-electron chi connectivity index (χ2n) is 5.55. The monoisotopic (exact) mass is 281 g/mol. The smallest absolute Gasteiger partial charge is 0.410 e. The van der Waals surface area contributed by atoms with E-state index in [2.05, 4.69) is 38.6 Å². The quantitative estimate of drug-likeness (QED) is 0.573. The highest BCUT2D eigenvalue weighted by atomic mass is 35.5. The van der Waals surface area contributed by atoms with Gasteiger partial charge in [0.1, 0.15) is 0 Å². The maximum absolute atomic E-state index is 11.3. The second-order valence-corrected chi connectivity index (χ2v) is 10.6. The summed E-state index contributed by atoms with van der Waals surface area (Å²) in [6, 6.07) is -0.119. The summed E-state index contributed by atoms with van der Waals surface area (Å²) in [5, 5.41) is 0.183. The summed E-state index contributed by atoms with van der Waals surface area (Å²) in [7, 11) is -0.0593. The third kappa shape index (κ3) is 5.74. The molecule has 102 valence electrons. The molecule has 1 amide bonds. The number of carbonyl (C=O) groups excluding carboxylic acids is 1. The molecule has 0 heterocycles. The first-order valence-corrected chi connectivity index (χ1v) is 9.14. The van der Waals surface area contributed by atoms with Crippen LogP contribution in [0.4, 0.5) is 4.79 Å². The van der Waals surface area contributed by atoms with Crippen LogP contribution in [0.5, 0.6) is 0 Å². The molecular formula is C11H24ClNO3Si. The lowest BCUT2D eigenvalue weighted by Gasteiger charge is -2.36. The molecule has 0 bridgehead atoms. The van der Waals surface area contributed by atoms with E-state index in [1.54, 1.807) is 7.05 Å². The fourth-order valence-corrected chi connectivity index (χ4v) is 2.03. The van der Waals surface area contributed by atoms with Crippen molar-refractivity contribution in [1.29, 1.82) is 0 Å². The molecule has 0 spiro atoms. The standard InChI is InChI=1S/C11H24ClNO3Si/c1-11(2,3)17(5,6)16-8-7-13(4)10(14)15-9-12/h7-9H2,1-6H3. The SMILES string of the molecule is CN(CCO[Si](C)(C)C(C)(C)C)C(=O)OCCl. The van der Waals surface area contributed by atoms with Crippen LogP contribution in [0.1, 0.15) is 20.8 Å². The fraction of sp³-hybridized carbons (Fsp3) is 0.909. The number of amides is 1. The lowest BCUT2D eigenvalue weighted by atomic mass is 10.2. The van der Waals surface area contributed by atoms with Gasteiger partial charge >= 0.3 is 6.09 Å². The van der Waals surface area contributed by atoms with E-state index in [9.17, 15) is 4.79 Å². The maximum Gasteiger partial charge on any atom is 0.410 e. The molecule has 0 aliphatic rings. The number of rotatable bonds is 5. The lowest BCUT2D eigenvalue weighted by molar-refractivity contribution is 0.119. The van der Waals surface area contributed by atoms with Crippen LogP contribution in [0.2, 0.25) is 18.1 Å². The molecule has 0 unspecified atom stereocenters. The first kappa shape index (κ1) is 16.7. The molecule has 0 fully saturated rings. The molecule has 6 heteroatoms. The van der Waals surface area contributed by atoms with E-state index in [4.69, 9.17) is 16.0 Å². The van der Waals surface area contributed by atoms with Crippen molar-refractivity contribution in [2.24, 2.45) is 0 Å². The molecule has 0 atom stereocenters. The average Bonchev–Trinajstić information content (AvgIpc) is 2.15. The molecule has 0 aliphatic carbocycles. The Morgan fingerprint density at radius 1 is 1.35 bits per heavy atom. The van der Waals surface area contributed by atoms with Gasteiger partial charge in [-0.2, -0.15) is 0 Å². The van der Waals surface area contributed by atoms with E-state index in [1.165, 1.54) is 4.90 Å². The van der Waals surface area contributed by atoms with Gasteiger partial charge in [0.25, 0.3) is 0 Å².